The van der Waals surface area contributed by atoms with E-state index in [1.807, 2.05) is 48.5 Å². The molecule has 3 rings (SSSR count). The Balaban J connectivity index is 1.30. The van der Waals surface area contributed by atoms with Gasteiger partial charge in [0.05, 0.1) is 18.1 Å². The standard InChI is InChI=1S/C58H96O6S/c1-3-5-7-9-11-13-15-17-19-21-23-25-27-29-31-38-44-61-47-51(59)49-63-56-46-57(65-53-40-34-33-35-41-53)58(55-43-37-36-42-54(55)56)64-50-52(60)48-62-45-39-32-30-28-26-24-22-20-18-16-14-12-10-8-6-4-2/h33-37,40-43,46,51-52,59-60H,3-32,38-39,44-45,47-50H2,1-2H3. The molecule has 0 saturated carbocycles. The number of benzene rings is 3. The van der Waals surface area contributed by atoms with E-state index in [-0.39, 0.29) is 26.4 Å². The lowest BCUT2D eigenvalue weighted by Gasteiger charge is -2.20. The van der Waals surface area contributed by atoms with E-state index < -0.39 is 12.2 Å². The van der Waals surface area contributed by atoms with E-state index in [0.717, 1.165) is 33.4 Å². The molecule has 3 aromatic carbocycles. The normalized spacial score (nSPS) is 12.6. The van der Waals surface area contributed by atoms with Gasteiger partial charge in [0.2, 0.25) is 0 Å². The molecule has 0 aliphatic heterocycles. The summed E-state index contributed by atoms with van der Waals surface area (Å²) in [5, 5.41) is 23.5. The molecule has 370 valence electrons. The molecule has 2 atom stereocenters. The van der Waals surface area contributed by atoms with Crippen molar-refractivity contribution >= 4 is 22.5 Å². The summed E-state index contributed by atoms with van der Waals surface area (Å²) in [7, 11) is 0. The van der Waals surface area contributed by atoms with Gasteiger partial charge in [-0.05, 0) is 31.0 Å². The van der Waals surface area contributed by atoms with Crippen LogP contribution in [0, 0.1) is 0 Å². The van der Waals surface area contributed by atoms with Crippen molar-refractivity contribution in [1.82, 2.24) is 0 Å². The largest absolute Gasteiger partial charge is 0.490 e. The Morgan fingerprint density at radius 2 is 0.754 bits per heavy atom. The summed E-state index contributed by atoms with van der Waals surface area (Å²) < 4.78 is 24.5. The zero-order valence-electron chi connectivity index (χ0n) is 41.7. The zero-order chi connectivity index (χ0) is 46.1. The van der Waals surface area contributed by atoms with Crippen LogP contribution >= 0.6 is 11.8 Å². The average Bonchev–Trinajstić information content (AvgIpc) is 3.32. The summed E-state index contributed by atoms with van der Waals surface area (Å²) in [4.78, 5) is 1.96. The SMILES string of the molecule is CCCCCCCCCCCCCCCCCCOCC(O)COc1cc(Sc2ccccc2)c(OCC(O)COCCCCCCCCCCCCCCCCCC)c2ccccc12. The minimum absolute atomic E-state index is 0.126. The Morgan fingerprint density at radius 3 is 1.17 bits per heavy atom. The number of fused-ring (bicyclic) bond motifs is 1. The van der Waals surface area contributed by atoms with Gasteiger partial charge in [0.25, 0.3) is 0 Å². The lowest BCUT2D eigenvalue weighted by Crippen LogP contribution is -2.24. The van der Waals surface area contributed by atoms with Crippen LogP contribution in [-0.4, -0.2) is 62.1 Å². The van der Waals surface area contributed by atoms with Gasteiger partial charge in [0, 0.05) is 28.9 Å². The molecule has 3 aromatic rings. The monoisotopic (exact) mass is 921 g/mol. The Bertz CT molecular complexity index is 1500. The molecule has 0 bridgehead atoms. The molecule has 0 spiro atoms. The number of rotatable bonds is 46. The van der Waals surface area contributed by atoms with Gasteiger partial charge in [-0.2, -0.15) is 0 Å². The minimum atomic E-state index is -0.741. The van der Waals surface area contributed by atoms with Gasteiger partial charge in [-0.25, -0.2) is 0 Å². The van der Waals surface area contributed by atoms with E-state index in [2.05, 4.69) is 26.0 Å². The summed E-state index contributed by atoms with van der Waals surface area (Å²) >= 11 is 1.60. The van der Waals surface area contributed by atoms with Gasteiger partial charge in [0.1, 0.15) is 36.9 Å². The fourth-order valence-corrected chi connectivity index (χ4v) is 9.63. The molecule has 0 fully saturated rings. The highest BCUT2D eigenvalue weighted by Crippen LogP contribution is 2.44. The molecule has 0 radical (unpaired) electrons. The van der Waals surface area contributed by atoms with Crippen LogP contribution < -0.4 is 9.47 Å². The summed E-state index contributed by atoms with van der Waals surface area (Å²) in [6, 6.07) is 20.2. The number of unbranched alkanes of at least 4 members (excludes halogenated alkanes) is 30. The van der Waals surface area contributed by atoms with Gasteiger partial charge in [0.15, 0.2) is 0 Å². The molecule has 0 saturated heterocycles. The first-order chi connectivity index (χ1) is 32.1. The highest BCUT2D eigenvalue weighted by atomic mass is 32.2. The first-order valence-electron chi connectivity index (χ1n) is 27.2. The zero-order valence-corrected chi connectivity index (χ0v) is 42.6. The average molecular weight is 921 g/mol. The molecular formula is C58H96O6S. The summed E-state index contributed by atoms with van der Waals surface area (Å²) in [5.74, 6) is 1.40. The van der Waals surface area contributed by atoms with E-state index in [4.69, 9.17) is 18.9 Å². The van der Waals surface area contributed by atoms with Crippen molar-refractivity contribution in [1.29, 1.82) is 0 Å². The lowest BCUT2D eigenvalue weighted by molar-refractivity contribution is 0.0103. The van der Waals surface area contributed by atoms with Crippen molar-refractivity contribution in [2.75, 3.05) is 39.6 Å². The first-order valence-corrected chi connectivity index (χ1v) is 28.0. The van der Waals surface area contributed by atoms with Crippen LogP contribution in [0.25, 0.3) is 10.8 Å². The highest BCUT2D eigenvalue weighted by Gasteiger charge is 2.18. The molecule has 6 nitrogen and oxygen atoms in total. The number of aliphatic hydroxyl groups excluding tert-OH is 2. The summed E-state index contributed by atoms with van der Waals surface area (Å²) in [6.07, 6.45) is 41.6. The number of aliphatic hydroxyl groups is 2. The van der Waals surface area contributed by atoms with E-state index in [0.29, 0.717) is 24.7 Å². The van der Waals surface area contributed by atoms with E-state index in [1.165, 1.54) is 193 Å². The molecule has 0 heterocycles. The van der Waals surface area contributed by atoms with Crippen molar-refractivity contribution in [2.45, 2.75) is 241 Å². The Morgan fingerprint density at radius 1 is 0.400 bits per heavy atom. The van der Waals surface area contributed by atoms with Crippen LogP contribution in [0.15, 0.2) is 70.5 Å². The Hall–Kier alpha value is -2.29. The van der Waals surface area contributed by atoms with Crippen molar-refractivity contribution in [3.05, 3.63) is 60.7 Å². The lowest BCUT2D eigenvalue weighted by atomic mass is 10.0. The molecular weight excluding hydrogens is 825 g/mol. The second kappa shape index (κ2) is 40.7. The number of ether oxygens (including phenoxy) is 4. The maximum atomic E-state index is 10.9. The third-order valence-corrected chi connectivity index (χ3v) is 13.7. The fraction of sp³-hybridized carbons (Fsp3) is 0.724. The quantitative estimate of drug-likeness (QED) is 0.0547. The van der Waals surface area contributed by atoms with E-state index in [1.54, 1.807) is 11.8 Å². The van der Waals surface area contributed by atoms with Crippen molar-refractivity contribution < 1.29 is 29.2 Å². The molecule has 0 amide bonds. The molecule has 65 heavy (non-hydrogen) atoms. The van der Waals surface area contributed by atoms with Crippen LogP contribution in [-0.2, 0) is 9.47 Å². The van der Waals surface area contributed by atoms with Crippen molar-refractivity contribution in [2.24, 2.45) is 0 Å². The van der Waals surface area contributed by atoms with Gasteiger partial charge in [-0.15, -0.1) is 0 Å². The van der Waals surface area contributed by atoms with Crippen LogP contribution in [0.4, 0.5) is 0 Å². The minimum Gasteiger partial charge on any atom is -0.490 e. The third kappa shape index (κ3) is 29.3. The number of hydrogen-bond donors (Lipinski definition) is 2. The van der Waals surface area contributed by atoms with Gasteiger partial charge in [-0.1, -0.05) is 261 Å². The van der Waals surface area contributed by atoms with Crippen molar-refractivity contribution in [3.63, 3.8) is 0 Å². The smallest absolute Gasteiger partial charge is 0.141 e. The summed E-state index contributed by atoms with van der Waals surface area (Å²) in [5.41, 5.74) is 0. The van der Waals surface area contributed by atoms with Crippen LogP contribution in [0.5, 0.6) is 11.5 Å². The van der Waals surface area contributed by atoms with Crippen LogP contribution in [0.2, 0.25) is 0 Å². The van der Waals surface area contributed by atoms with Crippen molar-refractivity contribution in [3.8, 4) is 11.5 Å². The summed E-state index contributed by atoms with van der Waals surface area (Å²) in [6.45, 7) is 6.66. The Kier molecular flexibility index (Phi) is 35.8. The fourth-order valence-electron chi connectivity index (χ4n) is 8.66. The maximum absolute atomic E-state index is 10.9. The molecule has 2 unspecified atom stereocenters. The van der Waals surface area contributed by atoms with Crippen LogP contribution in [0.3, 0.4) is 0 Å². The molecule has 0 aliphatic carbocycles. The highest BCUT2D eigenvalue weighted by molar-refractivity contribution is 7.99. The van der Waals surface area contributed by atoms with Gasteiger partial charge >= 0.3 is 0 Å². The molecule has 0 aliphatic rings. The number of hydrogen-bond acceptors (Lipinski definition) is 7. The molecule has 0 aromatic heterocycles. The maximum Gasteiger partial charge on any atom is 0.141 e. The van der Waals surface area contributed by atoms with E-state index >= 15 is 0 Å². The van der Waals surface area contributed by atoms with Crippen LogP contribution in [0.1, 0.15) is 219 Å². The van der Waals surface area contributed by atoms with Gasteiger partial charge < -0.3 is 29.2 Å². The second-order valence-corrected chi connectivity index (χ2v) is 20.0. The van der Waals surface area contributed by atoms with E-state index in [9.17, 15) is 10.2 Å². The first kappa shape index (κ1) is 57.0. The second-order valence-electron chi connectivity index (χ2n) is 18.8. The predicted octanol–water partition coefficient (Wildman–Crippen LogP) is 17.0. The topological polar surface area (TPSA) is 77.4 Å². The van der Waals surface area contributed by atoms with Gasteiger partial charge in [-0.3, -0.25) is 0 Å². The predicted molar refractivity (Wildman–Crippen MR) is 278 cm³/mol. The molecule has 7 heteroatoms. The third-order valence-electron chi connectivity index (χ3n) is 12.7. The molecule has 2 N–H and O–H groups in total. The Labute approximate surface area is 403 Å².